The predicted octanol–water partition coefficient (Wildman–Crippen LogP) is 3.46. The van der Waals surface area contributed by atoms with Gasteiger partial charge in [-0.05, 0) is 67.4 Å². The lowest BCUT2D eigenvalue weighted by atomic mass is 9.68. The Balaban J connectivity index is 2.35. The fourth-order valence-electron chi connectivity index (χ4n) is 3.05. The topological polar surface area (TPSA) is 21.3 Å². The summed E-state index contributed by atoms with van der Waals surface area (Å²) in [5, 5.41) is 3.26. The second-order valence-corrected chi connectivity index (χ2v) is 5.96. The van der Waals surface area contributed by atoms with Crippen molar-refractivity contribution in [1.82, 2.24) is 5.32 Å². The summed E-state index contributed by atoms with van der Waals surface area (Å²) in [4.78, 5) is 0. The quantitative estimate of drug-likeness (QED) is 0.879. The number of hydrogen-bond donors (Lipinski definition) is 1. The van der Waals surface area contributed by atoms with Gasteiger partial charge in [0.05, 0.1) is 7.11 Å². The molecule has 0 bridgehead atoms. The minimum absolute atomic E-state index is 0.278. The molecule has 0 saturated carbocycles. The number of rotatable bonds is 4. The van der Waals surface area contributed by atoms with E-state index in [-0.39, 0.29) is 5.41 Å². The van der Waals surface area contributed by atoms with Gasteiger partial charge >= 0.3 is 0 Å². The van der Waals surface area contributed by atoms with Crippen molar-refractivity contribution in [1.29, 1.82) is 0 Å². The minimum Gasteiger partial charge on any atom is -0.497 e. The van der Waals surface area contributed by atoms with Gasteiger partial charge in [0.25, 0.3) is 0 Å². The van der Waals surface area contributed by atoms with E-state index in [1.165, 1.54) is 30.4 Å². The van der Waals surface area contributed by atoms with Crippen molar-refractivity contribution in [2.45, 2.75) is 44.4 Å². The van der Waals surface area contributed by atoms with Gasteiger partial charge < -0.3 is 10.1 Å². The lowest BCUT2D eigenvalue weighted by Crippen LogP contribution is -2.27. The van der Waals surface area contributed by atoms with E-state index >= 15 is 0 Å². The first-order valence-electron chi connectivity index (χ1n) is 6.91. The molecule has 0 spiro atoms. The molecule has 1 aromatic carbocycles. The first-order valence-corrected chi connectivity index (χ1v) is 6.91. The molecule has 1 aliphatic carbocycles. The Morgan fingerprint density at radius 3 is 2.83 bits per heavy atom. The van der Waals surface area contributed by atoms with Crippen LogP contribution in [0.4, 0.5) is 0 Å². The summed E-state index contributed by atoms with van der Waals surface area (Å²) in [6.45, 7) is 5.79. The highest BCUT2D eigenvalue weighted by atomic mass is 16.5. The molecule has 0 heterocycles. The van der Waals surface area contributed by atoms with Crippen molar-refractivity contribution in [3.05, 3.63) is 29.3 Å². The summed E-state index contributed by atoms with van der Waals surface area (Å²) >= 11 is 0. The maximum atomic E-state index is 5.38. The van der Waals surface area contributed by atoms with Crippen molar-refractivity contribution in [2.75, 3.05) is 20.7 Å². The normalized spacial score (nSPS) is 21.4. The molecule has 2 heteroatoms. The molecule has 1 unspecified atom stereocenters. The van der Waals surface area contributed by atoms with Gasteiger partial charge in [0, 0.05) is 0 Å². The first kappa shape index (κ1) is 13.4. The molecule has 0 aliphatic heterocycles. The third-order valence-corrected chi connectivity index (χ3v) is 4.29. The second kappa shape index (κ2) is 5.31. The molecule has 0 fully saturated rings. The molecular weight excluding hydrogens is 222 g/mol. The van der Waals surface area contributed by atoms with Crippen molar-refractivity contribution in [3.63, 3.8) is 0 Å². The molecule has 0 amide bonds. The predicted molar refractivity (Wildman–Crippen MR) is 76.5 cm³/mol. The highest BCUT2D eigenvalue weighted by molar-refractivity contribution is 5.43. The lowest BCUT2D eigenvalue weighted by Gasteiger charge is -2.37. The van der Waals surface area contributed by atoms with Crippen LogP contribution in [0.1, 0.15) is 50.2 Å². The van der Waals surface area contributed by atoms with Gasteiger partial charge in [-0.3, -0.25) is 0 Å². The Kier molecular flexibility index (Phi) is 3.96. The maximum absolute atomic E-state index is 5.38. The summed E-state index contributed by atoms with van der Waals surface area (Å²) in [6.07, 6.45) is 3.79. The smallest absolute Gasteiger partial charge is 0.119 e. The third kappa shape index (κ3) is 2.54. The van der Waals surface area contributed by atoms with Crippen molar-refractivity contribution in [2.24, 2.45) is 0 Å². The molecule has 100 valence electrons. The summed E-state index contributed by atoms with van der Waals surface area (Å²) in [7, 11) is 3.78. The zero-order valence-electron chi connectivity index (χ0n) is 12.0. The van der Waals surface area contributed by atoms with Crippen molar-refractivity contribution < 1.29 is 4.74 Å². The van der Waals surface area contributed by atoms with Crippen LogP contribution >= 0.6 is 0 Å². The van der Waals surface area contributed by atoms with Gasteiger partial charge in [-0.15, -0.1) is 0 Å². The Morgan fingerprint density at radius 1 is 1.39 bits per heavy atom. The van der Waals surface area contributed by atoms with Crippen LogP contribution in [-0.4, -0.2) is 20.7 Å². The number of fused-ring (bicyclic) bond motifs is 1. The molecule has 1 N–H and O–H groups in total. The average molecular weight is 247 g/mol. The molecule has 0 radical (unpaired) electrons. The van der Waals surface area contributed by atoms with Crippen LogP contribution in [-0.2, 0) is 5.41 Å². The third-order valence-electron chi connectivity index (χ3n) is 4.29. The molecule has 0 aromatic heterocycles. The van der Waals surface area contributed by atoms with Gasteiger partial charge in [0.1, 0.15) is 5.75 Å². The Morgan fingerprint density at radius 2 is 2.17 bits per heavy atom. The molecule has 0 saturated heterocycles. The SMILES string of the molecule is CNCCC1CCC(C)(C)c2cc(OC)ccc21. The van der Waals surface area contributed by atoms with E-state index in [1.54, 1.807) is 7.11 Å². The van der Waals surface area contributed by atoms with Crippen molar-refractivity contribution >= 4 is 0 Å². The van der Waals surface area contributed by atoms with Crippen LogP contribution in [0.15, 0.2) is 18.2 Å². The summed E-state index contributed by atoms with van der Waals surface area (Å²) in [5.74, 6) is 1.68. The summed E-state index contributed by atoms with van der Waals surface area (Å²) in [5.41, 5.74) is 3.29. The highest BCUT2D eigenvalue weighted by Gasteiger charge is 2.32. The number of hydrogen-bond acceptors (Lipinski definition) is 2. The zero-order valence-corrected chi connectivity index (χ0v) is 12.0. The first-order chi connectivity index (χ1) is 8.58. The van der Waals surface area contributed by atoms with Crippen LogP contribution in [0.3, 0.4) is 0 Å². The van der Waals surface area contributed by atoms with Gasteiger partial charge in [0.15, 0.2) is 0 Å². The Hall–Kier alpha value is -1.02. The number of nitrogens with one attached hydrogen (secondary N) is 1. The molecule has 1 aromatic rings. The molecule has 18 heavy (non-hydrogen) atoms. The second-order valence-electron chi connectivity index (χ2n) is 5.96. The molecule has 2 rings (SSSR count). The molecule has 1 atom stereocenters. The fourth-order valence-corrected chi connectivity index (χ4v) is 3.05. The number of methoxy groups -OCH3 is 1. The van der Waals surface area contributed by atoms with E-state index in [0.29, 0.717) is 5.92 Å². The van der Waals surface area contributed by atoms with E-state index in [2.05, 4.69) is 37.4 Å². The minimum atomic E-state index is 0.278. The monoisotopic (exact) mass is 247 g/mol. The van der Waals surface area contributed by atoms with E-state index in [4.69, 9.17) is 4.74 Å². The Bertz CT molecular complexity index is 412. The maximum Gasteiger partial charge on any atom is 0.119 e. The Labute approximate surface area is 111 Å². The van der Waals surface area contributed by atoms with Crippen LogP contribution < -0.4 is 10.1 Å². The van der Waals surface area contributed by atoms with E-state index in [1.807, 2.05) is 7.05 Å². The van der Waals surface area contributed by atoms with Crippen LogP contribution in [0.25, 0.3) is 0 Å². The van der Waals surface area contributed by atoms with E-state index < -0.39 is 0 Å². The molecule has 1 aliphatic rings. The van der Waals surface area contributed by atoms with E-state index in [0.717, 1.165) is 12.3 Å². The molecule has 2 nitrogen and oxygen atoms in total. The summed E-state index contributed by atoms with van der Waals surface area (Å²) in [6, 6.07) is 6.61. The fraction of sp³-hybridized carbons (Fsp3) is 0.625. The van der Waals surface area contributed by atoms with Crippen LogP contribution in [0.5, 0.6) is 5.75 Å². The zero-order chi connectivity index (χ0) is 13.2. The van der Waals surface area contributed by atoms with Crippen LogP contribution in [0, 0.1) is 0 Å². The van der Waals surface area contributed by atoms with Gasteiger partial charge in [0.2, 0.25) is 0 Å². The van der Waals surface area contributed by atoms with Crippen molar-refractivity contribution in [3.8, 4) is 5.75 Å². The summed E-state index contributed by atoms with van der Waals surface area (Å²) < 4.78 is 5.38. The molecular formula is C16H25NO. The lowest BCUT2D eigenvalue weighted by molar-refractivity contribution is 0.372. The average Bonchev–Trinajstić information content (AvgIpc) is 2.38. The van der Waals surface area contributed by atoms with Gasteiger partial charge in [-0.1, -0.05) is 19.9 Å². The standard InChI is InChI=1S/C16H25NO/c1-16(2)9-7-12(8-10-17-3)14-6-5-13(18-4)11-15(14)16/h5-6,11-12,17H,7-10H2,1-4H3. The number of benzene rings is 1. The van der Waals surface area contributed by atoms with Crippen LogP contribution in [0.2, 0.25) is 0 Å². The van der Waals surface area contributed by atoms with E-state index in [9.17, 15) is 0 Å². The number of ether oxygens (including phenoxy) is 1. The van der Waals surface area contributed by atoms with Gasteiger partial charge in [-0.25, -0.2) is 0 Å². The largest absolute Gasteiger partial charge is 0.497 e. The highest BCUT2D eigenvalue weighted by Crippen LogP contribution is 2.44. The van der Waals surface area contributed by atoms with Gasteiger partial charge in [-0.2, -0.15) is 0 Å².